The van der Waals surface area contributed by atoms with E-state index >= 15 is 0 Å². The van der Waals surface area contributed by atoms with Crippen LogP contribution in [0.2, 0.25) is 0 Å². The van der Waals surface area contributed by atoms with Crippen LogP contribution in [0.5, 0.6) is 0 Å². The molecule has 0 aromatic heterocycles. The van der Waals surface area contributed by atoms with E-state index in [0.29, 0.717) is 24.0 Å². The molecule has 1 saturated carbocycles. The molecule has 1 aliphatic rings. The molecule has 2 aromatic carbocycles. The van der Waals surface area contributed by atoms with Crippen molar-refractivity contribution in [2.75, 3.05) is 12.8 Å². The summed E-state index contributed by atoms with van der Waals surface area (Å²) in [6.45, 7) is 0.298. The Kier molecular flexibility index (Phi) is 8.14. The fourth-order valence-corrected chi connectivity index (χ4v) is 4.48. The number of hydrogen-bond acceptors (Lipinski definition) is 4. The Bertz CT molecular complexity index is 807. The Morgan fingerprint density at radius 3 is 2.48 bits per heavy atom. The smallest absolute Gasteiger partial charge is 0.275 e. The van der Waals surface area contributed by atoms with Gasteiger partial charge in [0.2, 0.25) is 5.91 Å². The van der Waals surface area contributed by atoms with Gasteiger partial charge in [-0.3, -0.25) is 14.4 Å². The zero-order valence-corrected chi connectivity index (χ0v) is 17.6. The highest BCUT2D eigenvalue weighted by atomic mass is 32.2. The van der Waals surface area contributed by atoms with Gasteiger partial charge in [-0.25, -0.2) is 5.48 Å². The molecule has 5 nitrogen and oxygen atoms in total. The Morgan fingerprint density at radius 2 is 1.72 bits per heavy atom. The lowest BCUT2D eigenvalue weighted by atomic mass is 9.94. The van der Waals surface area contributed by atoms with E-state index in [9.17, 15) is 9.59 Å². The van der Waals surface area contributed by atoms with E-state index in [-0.39, 0.29) is 11.8 Å². The van der Waals surface area contributed by atoms with Crippen LogP contribution in [-0.4, -0.2) is 35.6 Å². The van der Waals surface area contributed by atoms with Crippen molar-refractivity contribution < 1.29 is 14.4 Å². The lowest BCUT2D eigenvalue weighted by molar-refractivity contribution is -0.129. The number of nitrogens with one attached hydrogen (secondary N) is 1. The van der Waals surface area contributed by atoms with Crippen LogP contribution in [0.15, 0.2) is 59.5 Å². The molecule has 1 fully saturated rings. The third-order valence-electron chi connectivity index (χ3n) is 5.25. The van der Waals surface area contributed by atoms with Crippen molar-refractivity contribution in [3.63, 3.8) is 0 Å². The first kappa shape index (κ1) is 21.4. The lowest BCUT2D eigenvalue weighted by Crippen LogP contribution is -2.39. The predicted molar refractivity (Wildman–Crippen MR) is 116 cm³/mol. The monoisotopic (exact) mass is 412 g/mol. The van der Waals surface area contributed by atoms with Gasteiger partial charge in [0.05, 0.1) is 17.9 Å². The van der Waals surface area contributed by atoms with Crippen LogP contribution in [-0.2, 0) is 16.2 Å². The zero-order chi connectivity index (χ0) is 20.5. The van der Waals surface area contributed by atoms with Crippen LogP contribution in [0, 0.1) is 0 Å². The van der Waals surface area contributed by atoms with E-state index in [0.717, 1.165) is 23.3 Å². The van der Waals surface area contributed by atoms with Crippen LogP contribution in [0.25, 0.3) is 0 Å². The first-order valence-electron chi connectivity index (χ1n) is 10.1. The van der Waals surface area contributed by atoms with Gasteiger partial charge in [0, 0.05) is 18.0 Å². The fraction of sp³-hybridized carbons (Fsp3) is 0.391. The molecule has 0 unspecified atom stereocenters. The lowest BCUT2D eigenvalue weighted by Gasteiger charge is -2.31. The average Bonchev–Trinajstić information content (AvgIpc) is 2.78. The minimum Gasteiger partial charge on any atom is -0.342 e. The van der Waals surface area contributed by atoms with Gasteiger partial charge in [-0.1, -0.05) is 61.7 Å². The summed E-state index contributed by atoms with van der Waals surface area (Å²) in [7, 11) is 1.90. The van der Waals surface area contributed by atoms with Gasteiger partial charge in [-0.05, 0) is 30.5 Å². The molecular formula is C23H28N2O3S. The van der Waals surface area contributed by atoms with E-state index in [1.54, 1.807) is 6.07 Å². The molecule has 29 heavy (non-hydrogen) atoms. The molecule has 0 saturated heterocycles. The molecule has 6 heteroatoms. The van der Waals surface area contributed by atoms with Crippen LogP contribution in [0.3, 0.4) is 0 Å². The quantitative estimate of drug-likeness (QED) is 0.515. The number of nitrogens with zero attached hydrogens (tertiary/aromatic N) is 1. The number of thioether (sulfide) groups is 1. The van der Waals surface area contributed by atoms with Gasteiger partial charge >= 0.3 is 0 Å². The molecule has 0 bridgehead atoms. The maximum absolute atomic E-state index is 12.6. The Balaban J connectivity index is 1.52. The summed E-state index contributed by atoms with van der Waals surface area (Å²) in [4.78, 5) is 33.2. The summed E-state index contributed by atoms with van der Waals surface area (Å²) in [5, 5.41) is 0. The second-order valence-corrected chi connectivity index (χ2v) is 8.30. The Labute approximate surface area is 176 Å². The van der Waals surface area contributed by atoms with Crippen LogP contribution in [0.1, 0.15) is 48.0 Å². The largest absolute Gasteiger partial charge is 0.342 e. The van der Waals surface area contributed by atoms with Crippen molar-refractivity contribution in [3.05, 3.63) is 65.7 Å². The van der Waals surface area contributed by atoms with Crippen LogP contribution >= 0.6 is 11.8 Å². The van der Waals surface area contributed by atoms with Crippen molar-refractivity contribution in [2.45, 2.75) is 49.6 Å². The number of carbonyl (C=O) groups is 2. The van der Waals surface area contributed by atoms with E-state index in [1.807, 2.05) is 60.5 Å². The standard InChI is InChI=1S/C23H28N2O3S/c1-25(19-12-6-3-7-13-19)22(26)17-29-21-15-9-8-14-20(21)23(27)24-28-16-18-10-4-2-5-11-18/h2,4-5,8-11,14-15,19H,3,6-7,12-13,16-17H2,1H3,(H,24,27). The number of carbonyl (C=O) groups excluding carboxylic acids is 2. The zero-order valence-electron chi connectivity index (χ0n) is 16.8. The molecule has 0 aliphatic heterocycles. The minimum atomic E-state index is -0.308. The van der Waals surface area contributed by atoms with Crippen molar-refractivity contribution >= 4 is 23.6 Å². The normalized spacial score (nSPS) is 14.4. The van der Waals surface area contributed by atoms with E-state index in [4.69, 9.17) is 4.84 Å². The van der Waals surface area contributed by atoms with Gasteiger partial charge in [-0.15, -0.1) is 11.8 Å². The van der Waals surface area contributed by atoms with Crippen LogP contribution < -0.4 is 5.48 Å². The van der Waals surface area contributed by atoms with Crippen molar-refractivity contribution in [2.24, 2.45) is 0 Å². The molecular weight excluding hydrogens is 384 g/mol. The molecule has 2 amide bonds. The Morgan fingerprint density at radius 1 is 1.03 bits per heavy atom. The maximum atomic E-state index is 12.6. The van der Waals surface area contributed by atoms with Gasteiger partial charge < -0.3 is 4.90 Å². The van der Waals surface area contributed by atoms with E-state index in [1.165, 1.54) is 31.0 Å². The molecule has 2 aromatic rings. The molecule has 0 spiro atoms. The first-order valence-corrected chi connectivity index (χ1v) is 11.1. The third-order valence-corrected chi connectivity index (χ3v) is 6.30. The second kappa shape index (κ2) is 11.0. The molecule has 154 valence electrons. The van der Waals surface area contributed by atoms with Gasteiger partial charge in [0.1, 0.15) is 0 Å². The summed E-state index contributed by atoms with van der Waals surface area (Å²) in [6.07, 6.45) is 5.83. The van der Waals surface area contributed by atoms with E-state index in [2.05, 4.69) is 5.48 Å². The fourth-order valence-electron chi connectivity index (χ4n) is 3.51. The summed E-state index contributed by atoms with van der Waals surface area (Å²) in [6, 6.07) is 17.3. The van der Waals surface area contributed by atoms with E-state index < -0.39 is 0 Å². The second-order valence-electron chi connectivity index (χ2n) is 7.29. The molecule has 0 heterocycles. The van der Waals surface area contributed by atoms with Gasteiger partial charge in [-0.2, -0.15) is 0 Å². The molecule has 3 rings (SSSR count). The number of hydrogen-bond donors (Lipinski definition) is 1. The summed E-state index contributed by atoms with van der Waals surface area (Å²) < 4.78 is 0. The topological polar surface area (TPSA) is 58.6 Å². The molecule has 0 radical (unpaired) electrons. The van der Waals surface area contributed by atoms with Crippen molar-refractivity contribution in [3.8, 4) is 0 Å². The highest BCUT2D eigenvalue weighted by molar-refractivity contribution is 8.00. The van der Waals surface area contributed by atoms with Gasteiger partial charge in [0.15, 0.2) is 0 Å². The van der Waals surface area contributed by atoms with Crippen molar-refractivity contribution in [1.82, 2.24) is 10.4 Å². The third kappa shape index (κ3) is 6.34. The Hall–Kier alpha value is -2.31. The number of benzene rings is 2. The average molecular weight is 413 g/mol. The summed E-state index contributed by atoms with van der Waals surface area (Å²) in [5.74, 6) is 0.122. The first-order chi connectivity index (χ1) is 14.1. The van der Waals surface area contributed by atoms with Crippen LogP contribution in [0.4, 0.5) is 0 Å². The molecule has 0 atom stereocenters. The highest BCUT2D eigenvalue weighted by Gasteiger charge is 2.22. The maximum Gasteiger partial charge on any atom is 0.275 e. The summed E-state index contributed by atoms with van der Waals surface area (Å²) >= 11 is 1.40. The van der Waals surface area contributed by atoms with Gasteiger partial charge in [0.25, 0.3) is 5.91 Å². The molecule has 1 aliphatic carbocycles. The summed E-state index contributed by atoms with van der Waals surface area (Å²) in [5.41, 5.74) is 3.99. The number of amides is 2. The molecule has 1 N–H and O–H groups in total. The van der Waals surface area contributed by atoms with Crippen molar-refractivity contribution in [1.29, 1.82) is 0 Å². The predicted octanol–water partition coefficient (Wildman–Crippen LogP) is 4.43. The highest BCUT2D eigenvalue weighted by Crippen LogP contribution is 2.25. The number of rotatable bonds is 8. The number of hydroxylamine groups is 1. The SMILES string of the molecule is CN(C(=O)CSc1ccccc1C(=O)NOCc1ccccc1)C1CCCCC1. The minimum absolute atomic E-state index is 0.109.